The molecule has 1 aromatic heterocycles. The number of halogens is 1. The van der Waals surface area contributed by atoms with Gasteiger partial charge in [-0.2, -0.15) is 4.98 Å². The molecule has 3 saturated heterocycles. The highest BCUT2D eigenvalue weighted by atomic mass is 35.5. The minimum atomic E-state index is -1.05. The number of ether oxygens (including phenoxy) is 1. The van der Waals surface area contributed by atoms with Crippen molar-refractivity contribution in [3.05, 3.63) is 97.5 Å². The summed E-state index contributed by atoms with van der Waals surface area (Å²) in [6.07, 6.45) is 5.18. The first-order chi connectivity index (χ1) is 27.0. The molecular weight excluding hydrogens is 728 g/mol. The Morgan fingerprint density at radius 3 is 2.46 bits per heavy atom. The van der Waals surface area contributed by atoms with Crippen LogP contribution in [0.1, 0.15) is 103 Å². The number of carbonyl (C=O) groups excluding carboxylic acids is 2. The molecule has 1 spiro atoms. The van der Waals surface area contributed by atoms with Crippen molar-refractivity contribution in [2.24, 2.45) is 0 Å². The average Bonchev–Trinajstić information content (AvgIpc) is 3.79. The van der Waals surface area contributed by atoms with Gasteiger partial charge in [0.15, 0.2) is 0 Å². The summed E-state index contributed by atoms with van der Waals surface area (Å²) in [6, 6.07) is 16.2. The van der Waals surface area contributed by atoms with Crippen molar-refractivity contribution in [3.63, 3.8) is 0 Å². The van der Waals surface area contributed by atoms with E-state index in [1.807, 2.05) is 18.2 Å². The lowest BCUT2D eigenvalue weighted by Crippen LogP contribution is -2.55. The van der Waals surface area contributed by atoms with Crippen LogP contribution in [-0.2, 0) is 22.2 Å². The molecule has 0 saturated carbocycles. The summed E-state index contributed by atoms with van der Waals surface area (Å²) in [4.78, 5) is 49.7. The summed E-state index contributed by atoms with van der Waals surface area (Å²) in [5.74, 6) is 1.85. The molecule has 2 amide bonds. The number of piperidine rings is 3. The number of fused-ring (bicyclic) bond motifs is 9. The summed E-state index contributed by atoms with van der Waals surface area (Å²) >= 11 is 6.51. The highest BCUT2D eigenvalue weighted by molar-refractivity contribution is 6.35. The van der Waals surface area contributed by atoms with E-state index in [-0.39, 0.29) is 28.2 Å². The number of nitrogens with zero attached hydrogens (tertiary/aromatic N) is 5. The van der Waals surface area contributed by atoms with Gasteiger partial charge in [0.05, 0.1) is 46.2 Å². The fraction of sp³-hybridized carbons (Fsp3) is 0.500. The van der Waals surface area contributed by atoms with Crippen LogP contribution >= 0.6 is 11.6 Å². The number of aromatic nitrogens is 2. The van der Waals surface area contributed by atoms with E-state index in [1.165, 1.54) is 16.7 Å². The van der Waals surface area contributed by atoms with E-state index in [9.17, 15) is 19.5 Å². The summed E-state index contributed by atoms with van der Waals surface area (Å²) in [5, 5.41) is 14.0. The van der Waals surface area contributed by atoms with Crippen LogP contribution in [0.25, 0.3) is 16.6 Å². The number of benzene rings is 3. The molecule has 56 heavy (non-hydrogen) atoms. The molecule has 6 aliphatic rings. The Labute approximate surface area is 331 Å². The van der Waals surface area contributed by atoms with Crippen molar-refractivity contribution in [2.45, 2.75) is 94.4 Å². The normalized spacial score (nSPS) is 24.2. The van der Waals surface area contributed by atoms with Crippen molar-refractivity contribution in [1.29, 1.82) is 0 Å². The molecule has 0 bridgehead atoms. The lowest BCUT2D eigenvalue weighted by molar-refractivity contribution is -0.129. The second-order valence-corrected chi connectivity index (χ2v) is 17.9. The van der Waals surface area contributed by atoms with Gasteiger partial charge in [-0.25, -0.2) is 0 Å². The van der Waals surface area contributed by atoms with Gasteiger partial charge in [-0.1, -0.05) is 35.9 Å². The zero-order valence-corrected chi connectivity index (χ0v) is 32.9. The van der Waals surface area contributed by atoms with Crippen molar-refractivity contribution < 1.29 is 19.4 Å². The van der Waals surface area contributed by atoms with Crippen LogP contribution in [0.3, 0.4) is 0 Å². The van der Waals surface area contributed by atoms with Crippen molar-refractivity contribution >= 4 is 34.3 Å². The van der Waals surface area contributed by atoms with E-state index >= 15 is 0 Å². The third kappa shape index (κ3) is 5.63. The molecule has 292 valence electrons. The van der Waals surface area contributed by atoms with Crippen LogP contribution in [-0.4, -0.2) is 99.3 Å². The maximum absolute atomic E-state index is 13.4. The number of hydrogen-bond acceptors (Lipinski definition) is 8. The number of carbonyl (C=O) groups is 2. The highest BCUT2D eigenvalue weighted by Crippen LogP contribution is 2.50. The summed E-state index contributed by atoms with van der Waals surface area (Å²) < 4.78 is 8.57. The number of aliphatic hydroxyl groups excluding tert-OH is 1. The van der Waals surface area contributed by atoms with E-state index in [1.54, 1.807) is 11.0 Å². The van der Waals surface area contributed by atoms with Gasteiger partial charge in [0, 0.05) is 28.5 Å². The summed E-state index contributed by atoms with van der Waals surface area (Å²) in [7, 11) is 0. The molecule has 2 atom stereocenters. The third-order valence-corrected chi connectivity index (χ3v) is 14.4. The molecule has 6 aliphatic heterocycles. The van der Waals surface area contributed by atoms with Crippen LogP contribution in [0, 0.1) is 0 Å². The van der Waals surface area contributed by atoms with Gasteiger partial charge in [0.1, 0.15) is 17.8 Å². The van der Waals surface area contributed by atoms with Crippen molar-refractivity contribution in [2.75, 3.05) is 45.9 Å². The molecule has 11 nitrogen and oxygen atoms in total. The standard InChI is InChI=1S/C44H49ClN6O5/c1-43(2)30-9-7-27(23-35(30)51-33-6-3-5-32(45)37(33)40(54)47-42(43)51)26-13-19-48(20-14-26)17-4-18-49-21-15-44(16-22-49)25-56-38-29-24-50(34-11-12-36(52)46-39(34)53)41(55)28(29)8-10-31(38)44/h3,5-10,23,26,34,39,53H,4,11-22,24-25H2,1-2H3,(H,46,52). The average molecular weight is 777 g/mol. The van der Waals surface area contributed by atoms with Gasteiger partial charge < -0.3 is 29.9 Å². The largest absolute Gasteiger partial charge is 0.492 e. The molecule has 0 aliphatic carbocycles. The molecule has 4 aromatic rings. The predicted octanol–water partition coefficient (Wildman–Crippen LogP) is 5.23. The molecule has 7 heterocycles. The molecule has 2 unspecified atom stereocenters. The Hall–Kier alpha value is -4.29. The SMILES string of the molecule is CC1(C)c2ccc(C3CCN(CCCN4CCC5(CC4)COc4c5ccc5c4CN(C4CCC(=O)NC4O)C5=O)CC3)cc2-n2c1nc(=O)c1c(Cl)cccc12. The van der Waals surface area contributed by atoms with E-state index in [2.05, 4.69) is 62.8 Å². The number of nitrogens with one attached hydrogen (secondary N) is 1. The monoisotopic (exact) mass is 776 g/mol. The maximum atomic E-state index is 13.4. The molecule has 0 radical (unpaired) electrons. The van der Waals surface area contributed by atoms with E-state index in [0.717, 1.165) is 99.7 Å². The maximum Gasteiger partial charge on any atom is 0.282 e. The molecule has 2 N–H and O–H groups in total. The second-order valence-electron chi connectivity index (χ2n) is 17.5. The molecular formula is C44H49ClN6O5. The first-order valence-corrected chi connectivity index (χ1v) is 20.8. The Morgan fingerprint density at radius 2 is 1.70 bits per heavy atom. The van der Waals surface area contributed by atoms with Gasteiger partial charge in [0.25, 0.3) is 11.5 Å². The second kappa shape index (κ2) is 13.4. The smallest absolute Gasteiger partial charge is 0.282 e. The van der Waals surface area contributed by atoms with Crippen LogP contribution in [0.4, 0.5) is 0 Å². The topological polar surface area (TPSA) is 120 Å². The lowest BCUT2D eigenvalue weighted by atomic mass is 9.74. The molecule has 10 rings (SSSR count). The number of hydrogen-bond donors (Lipinski definition) is 2. The minimum Gasteiger partial charge on any atom is -0.492 e. The summed E-state index contributed by atoms with van der Waals surface area (Å²) in [5.41, 5.74) is 6.61. The first kappa shape index (κ1) is 36.1. The van der Waals surface area contributed by atoms with Crippen molar-refractivity contribution in [1.82, 2.24) is 29.6 Å². The Morgan fingerprint density at radius 1 is 0.946 bits per heavy atom. The zero-order valence-electron chi connectivity index (χ0n) is 32.2. The Balaban J connectivity index is 0.738. The Bertz CT molecular complexity index is 2340. The first-order valence-electron chi connectivity index (χ1n) is 20.4. The van der Waals surface area contributed by atoms with Gasteiger partial charge in [-0.15, -0.1) is 0 Å². The minimum absolute atomic E-state index is 0.0267. The Kier molecular flexibility index (Phi) is 8.63. The molecule has 3 fully saturated rings. The van der Waals surface area contributed by atoms with Crippen LogP contribution in [0.15, 0.2) is 53.3 Å². The lowest BCUT2D eigenvalue weighted by Gasteiger charge is -2.39. The number of rotatable bonds is 6. The van der Waals surface area contributed by atoms with Gasteiger partial charge in [0.2, 0.25) is 5.91 Å². The van der Waals surface area contributed by atoms with E-state index < -0.39 is 12.3 Å². The third-order valence-electron chi connectivity index (χ3n) is 14.1. The zero-order chi connectivity index (χ0) is 38.5. The number of likely N-dealkylation sites (tertiary alicyclic amines) is 2. The highest BCUT2D eigenvalue weighted by Gasteiger charge is 2.47. The quantitative estimate of drug-likeness (QED) is 0.274. The fourth-order valence-electron chi connectivity index (χ4n) is 10.8. The number of aliphatic hydroxyl groups is 1. The van der Waals surface area contributed by atoms with Crippen LogP contribution in [0.5, 0.6) is 5.75 Å². The van der Waals surface area contributed by atoms with Crippen molar-refractivity contribution in [3.8, 4) is 11.4 Å². The van der Waals surface area contributed by atoms with Crippen LogP contribution in [0.2, 0.25) is 5.02 Å². The predicted molar refractivity (Wildman–Crippen MR) is 214 cm³/mol. The van der Waals surface area contributed by atoms with Gasteiger partial charge in [-0.3, -0.25) is 19.0 Å². The summed E-state index contributed by atoms with van der Waals surface area (Å²) in [6.45, 7) is 11.8. The number of amides is 2. The van der Waals surface area contributed by atoms with E-state index in [4.69, 9.17) is 16.3 Å². The van der Waals surface area contributed by atoms with Gasteiger partial charge in [-0.05, 0) is 133 Å². The van der Waals surface area contributed by atoms with E-state index in [0.29, 0.717) is 47.9 Å². The fourth-order valence-corrected chi connectivity index (χ4v) is 11.0. The van der Waals surface area contributed by atoms with Gasteiger partial charge >= 0.3 is 0 Å². The van der Waals surface area contributed by atoms with Crippen LogP contribution < -0.4 is 15.6 Å². The molecule has 12 heteroatoms. The molecule has 3 aromatic carbocycles.